The first-order valence-electron chi connectivity index (χ1n) is 22.8. The Bertz CT molecular complexity index is 1760. The molecule has 348 valence electrons. The maximum atomic E-state index is 14.9. The normalized spacial score (nSPS) is 39.6. The maximum absolute atomic E-state index is 14.9. The van der Waals surface area contributed by atoms with E-state index in [0.717, 1.165) is 31.4 Å². The number of carbonyl (C=O) groups excluding carboxylic acids is 4. The number of nitrogens with one attached hydrogen (secondary N) is 1. The summed E-state index contributed by atoms with van der Waals surface area (Å²) in [6.07, 6.45) is 2.05. The van der Waals surface area contributed by atoms with Crippen LogP contribution < -0.4 is 14.8 Å². The molecule has 1 amide bonds. The molecule has 0 unspecified atom stereocenters. The maximum Gasteiger partial charge on any atom is 0.410 e. The molecule has 4 saturated heterocycles. The Morgan fingerprint density at radius 3 is 2.29 bits per heavy atom. The average Bonchev–Trinajstić information content (AvgIpc) is 3.94. The topological polar surface area (TPSA) is 157 Å². The predicted octanol–water partition coefficient (Wildman–Crippen LogP) is 7.68. The summed E-state index contributed by atoms with van der Waals surface area (Å²) in [7, 11) is 4.96. The average molecular weight is 889 g/mol. The van der Waals surface area contributed by atoms with Crippen molar-refractivity contribution >= 4 is 41.3 Å². The van der Waals surface area contributed by atoms with Crippen molar-refractivity contribution in [3.05, 3.63) is 18.2 Å². The van der Waals surface area contributed by atoms with E-state index in [1.54, 1.807) is 26.2 Å². The SMILES string of the molecule is CC[C@H]1OC(=O)[C@H](C)[C@@H](C)[C@H](C)[C@@H](O[C@@H]2O[C@H](C)C[C@H]3[C@H]2OC(=O)N3C)[C@](C)(OC)C[C@@H](C)C(=O)[C@H](C)[C@H]2[C@H](SCCNc3ccc(OC)c(OC4CCCC4)c3)C(=O)O[C@@]21C. The number of nitrogens with zero attached hydrogens (tertiary/aromatic N) is 1. The Hall–Kier alpha value is -3.27. The molecule has 4 heterocycles. The van der Waals surface area contributed by atoms with Gasteiger partial charge in [-0.15, -0.1) is 11.8 Å². The number of cyclic esters (lactones) is 1. The zero-order valence-corrected chi connectivity index (χ0v) is 39.7. The van der Waals surface area contributed by atoms with Gasteiger partial charge in [0.15, 0.2) is 29.5 Å². The van der Waals surface area contributed by atoms with Crippen LogP contribution in [0, 0.1) is 35.5 Å². The summed E-state index contributed by atoms with van der Waals surface area (Å²) in [5.41, 5.74) is -1.46. The number of methoxy groups -OCH3 is 2. The lowest BCUT2D eigenvalue weighted by Crippen LogP contribution is -2.58. The highest BCUT2D eigenvalue weighted by atomic mass is 32.2. The van der Waals surface area contributed by atoms with Crippen molar-refractivity contribution in [1.82, 2.24) is 4.90 Å². The van der Waals surface area contributed by atoms with Crippen LogP contribution in [-0.4, -0.2) is 122 Å². The van der Waals surface area contributed by atoms with E-state index in [2.05, 4.69) is 5.32 Å². The van der Waals surface area contributed by atoms with E-state index in [4.69, 9.17) is 37.9 Å². The third-order valence-electron chi connectivity index (χ3n) is 14.9. The number of benzene rings is 1. The molecule has 15 atom stereocenters. The van der Waals surface area contributed by atoms with E-state index in [9.17, 15) is 19.2 Å². The van der Waals surface area contributed by atoms with Gasteiger partial charge in [-0.05, 0) is 89.7 Å². The van der Waals surface area contributed by atoms with Gasteiger partial charge in [0.2, 0.25) is 0 Å². The molecule has 5 aliphatic rings. The number of hydrogen-bond donors (Lipinski definition) is 1. The van der Waals surface area contributed by atoms with Crippen LogP contribution >= 0.6 is 11.8 Å². The van der Waals surface area contributed by atoms with Gasteiger partial charge in [-0.1, -0.05) is 41.5 Å². The number of carbonyl (C=O) groups is 4. The zero-order valence-electron chi connectivity index (χ0n) is 38.9. The fraction of sp³-hybridized carbons (Fsp3) is 0.787. The van der Waals surface area contributed by atoms with Crippen molar-refractivity contribution in [3.8, 4) is 11.5 Å². The summed E-state index contributed by atoms with van der Waals surface area (Å²) in [4.78, 5) is 57.6. The molecule has 62 heavy (non-hydrogen) atoms. The second-order valence-electron chi connectivity index (χ2n) is 19.0. The van der Waals surface area contributed by atoms with Crippen LogP contribution in [0.1, 0.15) is 107 Å². The number of fused-ring (bicyclic) bond motifs is 2. The third-order valence-corrected chi connectivity index (χ3v) is 16.2. The number of ether oxygens (including phenoxy) is 8. The fourth-order valence-corrected chi connectivity index (χ4v) is 12.2. The van der Waals surface area contributed by atoms with Gasteiger partial charge < -0.3 is 48.1 Å². The number of ketones is 1. The van der Waals surface area contributed by atoms with Crippen LogP contribution in [0.25, 0.3) is 0 Å². The monoisotopic (exact) mass is 888 g/mol. The van der Waals surface area contributed by atoms with E-state index < -0.39 is 82.8 Å². The first kappa shape index (κ1) is 48.2. The molecule has 1 N–H and O–H groups in total. The lowest BCUT2D eigenvalue weighted by Gasteiger charge is -2.47. The Balaban J connectivity index is 1.26. The van der Waals surface area contributed by atoms with Crippen molar-refractivity contribution in [2.45, 2.75) is 167 Å². The lowest BCUT2D eigenvalue weighted by molar-refractivity contribution is -0.289. The number of likely N-dealkylation sites (N-methyl/N-ethyl adjacent to an activating group) is 1. The molecule has 1 aromatic rings. The standard InChI is InChI=1S/C47H72N2O12S/c1-13-36-47(9)37(40(43(52)61-47)62-21-20-48-31-18-19-34(54-11)35(23-31)57-32-16-14-15-17-32)30(7)38(50)25(2)24-46(8,55-12)41(28(5)27(4)29(6)42(51)58-36)60-44-39-33(22-26(3)56-44)49(10)45(53)59-39/h18-19,23,25-30,32-33,36-37,39-41,44,48H,13-17,20-22,24H2,1-12H3/t25-,26-,27+,28+,29-,30-,33+,36-,37+,39-,40+,41-,44+,46-,47-/m1/s1. The van der Waals surface area contributed by atoms with Gasteiger partial charge in [0, 0.05) is 56.0 Å². The molecular weight excluding hydrogens is 817 g/mol. The minimum absolute atomic E-state index is 0.0560. The molecule has 5 fully saturated rings. The Morgan fingerprint density at radius 2 is 1.63 bits per heavy atom. The number of esters is 2. The molecule has 1 saturated carbocycles. The van der Waals surface area contributed by atoms with E-state index >= 15 is 0 Å². The quantitative estimate of drug-likeness (QED) is 0.124. The lowest BCUT2D eigenvalue weighted by atomic mass is 9.69. The highest BCUT2D eigenvalue weighted by molar-refractivity contribution is 8.00. The van der Waals surface area contributed by atoms with Crippen molar-refractivity contribution in [3.63, 3.8) is 0 Å². The van der Waals surface area contributed by atoms with Gasteiger partial charge in [-0.25, -0.2) is 4.79 Å². The van der Waals surface area contributed by atoms with E-state index in [1.165, 1.54) is 11.8 Å². The Morgan fingerprint density at radius 1 is 0.919 bits per heavy atom. The molecule has 6 rings (SSSR count). The molecule has 0 aromatic heterocycles. The van der Waals surface area contributed by atoms with Gasteiger partial charge in [-0.3, -0.25) is 14.4 Å². The largest absolute Gasteiger partial charge is 0.493 e. The van der Waals surface area contributed by atoms with E-state index in [-0.39, 0.29) is 42.3 Å². The second-order valence-corrected chi connectivity index (χ2v) is 20.3. The van der Waals surface area contributed by atoms with Gasteiger partial charge in [0.1, 0.15) is 17.1 Å². The number of anilines is 1. The summed E-state index contributed by atoms with van der Waals surface area (Å²) < 4.78 is 50.1. The molecular formula is C47H72N2O12S. The van der Waals surface area contributed by atoms with Gasteiger partial charge in [-0.2, -0.15) is 0 Å². The van der Waals surface area contributed by atoms with Crippen molar-refractivity contribution in [2.24, 2.45) is 35.5 Å². The van der Waals surface area contributed by atoms with Crippen molar-refractivity contribution < 1.29 is 57.1 Å². The number of Topliss-reactive ketones (excluding diaryl/α,β-unsaturated/α-hetero) is 1. The molecule has 1 aliphatic carbocycles. The van der Waals surface area contributed by atoms with E-state index in [1.807, 2.05) is 80.5 Å². The van der Waals surface area contributed by atoms with Crippen LogP contribution in [0.2, 0.25) is 0 Å². The van der Waals surface area contributed by atoms with E-state index in [0.29, 0.717) is 36.6 Å². The molecule has 15 heteroatoms. The number of thioether (sulfide) groups is 1. The minimum atomic E-state index is -1.27. The molecule has 0 bridgehead atoms. The van der Waals surface area contributed by atoms with Crippen molar-refractivity contribution in [1.29, 1.82) is 0 Å². The molecule has 0 radical (unpaired) electrons. The second kappa shape index (κ2) is 19.9. The van der Waals surface area contributed by atoms with Crippen LogP contribution in [0.15, 0.2) is 18.2 Å². The smallest absolute Gasteiger partial charge is 0.410 e. The summed E-state index contributed by atoms with van der Waals surface area (Å²) in [5, 5.41) is 2.78. The number of rotatable bonds is 12. The number of hydrogen-bond acceptors (Lipinski definition) is 14. The van der Waals surface area contributed by atoms with Gasteiger partial charge in [0.05, 0.1) is 43.0 Å². The highest BCUT2D eigenvalue weighted by Crippen LogP contribution is 2.49. The van der Waals surface area contributed by atoms with Crippen LogP contribution in [0.3, 0.4) is 0 Å². The summed E-state index contributed by atoms with van der Waals surface area (Å²) in [5.74, 6) is -2.04. The minimum Gasteiger partial charge on any atom is -0.493 e. The van der Waals surface area contributed by atoms with Crippen LogP contribution in [0.4, 0.5) is 10.5 Å². The molecule has 14 nitrogen and oxygen atoms in total. The summed E-state index contributed by atoms with van der Waals surface area (Å²) in [6, 6.07) is 5.56. The fourth-order valence-electron chi connectivity index (χ4n) is 10.8. The first-order chi connectivity index (χ1) is 29.4. The first-order valence-corrected chi connectivity index (χ1v) is 23.9. The van der Waals surface area contributed by atoms with Crippen LogP contribution in [-0.2, 0) is 42.8 Å². The van der Waals surface area contributed by atoms with Gasteiger partial charge >= 0.3 is 18.0 Å². The zero-order chi connectivity index (χ0) is 45.3. The Kier molecular flexibility index (Phi) is 15.4. The predicted molar refractivity (Wildman–Crippen MR) is 235 cm³/mol. The third kappa shape index (κ3) is 9.71. The molecule has 1 aromatic carbocycles. The van der Waals surface area contributed by atoms with Crippen molar-refractivity contribution in [2.75, 3.05) is 38.9 Å². The van der Waals surface area contributed by atoms with Gasteiger partial charge in [0.25, 0.3) is 0 Å². The number of amides is 1. The molecule has 0 spiro atoms. The summed E-state index contributed by atoms with van der Waals surface area (Å²) in [6.45, 7) is 17.7. The molecule has 4 aliphatic heterocycles. The highest BCUT2D eigenvalue weighted by Gasteiger charge is 2.61. The summed E-state index contributed by atoms with van der Waals surface area (Å²) >= 11 is 1.45. The van der Waals surface area contributed by atoms with Crippen LogP contribution in [0.5, 0.6) is 11.5 Å². The Labute approximate surface area is 372 Å².